The van der Waals surface area contributed by atoms with Crippen LogP contribution in [0.25, 0.3) is 6.08 Å². The average molecular weight is 260 g/mol. The van der Waals surface area contributed by atoms with Gasteiger partial charge >= 0.3 is 0 Å². The van der Waals surface area contributed by atoms with Crippen LogP contribution in [-0.4, -0.2) is 20.0 Å². The first kappa shape index (κ1) is 13.7. The molecule has 1 aliphatic rings. The maximum absolute atomic E-state index is 12.1. The lowest BCUT2D eigenvalue weighted by Crippen LogP contribution is -2.18. The molecule has 3 nitrogen and oxygen atoms in total. The number of allylic oxidation sites excluding steroid dienone is 1. The summed E-state index contributed by atoms with van der Waals surface area (Å²) >= 11 is 0. The van der Waals surface area contributed by atoms with E-state index in [9.17, 15) is 4.79 Å². The van der Waals surface area contributed by atoms with Gasteiger partial charge in [0.25, 0.3) is 0 Å². The molecule has 0 bridgehead atoms. The summed E-state index contributed by atoms with van der Waals surface area (Å²) in [6.07, 6.45) is 4.94. The van der Waals surface area contributed by atoms with Crippen molar-refractivity contribution >= 4 is 11.9 Å². The second-order valence-corrected chi connectivity index (χ2v) is 4.94. The van der Waals surface area contributed by atoms with Gasteiger partial charge in [-0.1, -0.05) is 13.0 Å². The summed E-state index contributed by atoms with van der Waals surface area (Å²) in [5, 5.41) is 0. The molecule has 0 amide bonds. The van der Waals surface area contributed by atoms with Crippen LogP contribution in [0.4, 0.5) is 0 Å². The van der Waals surface area contributed by atoms with Crippen LogP contribution in [-0.2, 0) is 4.79 Å². The van der Waals surface area contributed by atoms with E-state index in [4.69, 9.17) is 9.47 Å². The first-order valence-electron chi connectivity index (χ1n) is 6.62. The molecular formula is C16H20O3. The fraction of sp³-hybridized carbons (Fsp3) is 0.438. The van der Waals surface area contributed by atoms with E-state index in [1.165, 1.54) is 0 Å². The first-order chi connectivity index (χ1) is 9.15. The number of carbonyl (C=O) groups excluding carboxylic acids is 1. The Morgan fingerprint density at radius 1 is 1.21 bits per heavy atom. The molecule has 1 atom stereocenters. The van der Waals surface area contributed by atoms with E-state index in [1.54, 1.807) is 14.2 Å². The highest BCUT2D eigenvalue weighted by Crippen LogP contribution is 2.31. The molecule has 19 heavy (non-hydrogen) atoms. The van der Waals surface area contributed by atoms with Crippen molar-refractivity contribution in [3.63, 3.8) is 0 Å². The largest absolute Gasteiger partial charge is 0.493 e. The Hall–Kier alpha value is -1.77. The van der Waals surface area contributed by atoms with Crippen molar-refractivity contribution in [2.24, 2.45) is 5.92 Å². The topological polar surface area (TPSA) is 35.5 Å². The smallest absolute Gasteiger partial charge is 0.161 e. The van der Waals surface area contributed by atoms with Crippen molar-refractivity contribution in [1.82, 2.24) is 0 Å². The SMILES string of the molecule is COc1ccc(/C=C2/CCCC(C)C2=O)cc1OC. The molecule has 1 aliphatic carbocycles. The fourth-order valence-corrected chi connectivity index (χ4v) is 2.46. The molecule has 0 heterocycles. The van der Waals surface area contributed by atoms with Gasteiger partial charge in [-0.25, -0.2) is 0 Å². The van der Waals surface area contributed by atoms with Gasteiger partial charge in [0.1, 0.15) is 0 Å². The van der Waals surface area contributed by atoms with Gasteiger partial charge in [-0.2, -0.15) is 0 Å². The highest BCUT2D eigenvalue weighted by molar-refractivity contribution is 6.01. The van der Waals surface area contributed by atoms with Crippen molar-refractivity contribution < 1.29 is 14.3 Å². The lowest BCUT2D eigenvalue weighted by Gasteiger charge is -2.19. The number of methoxy groups -OCH3 is 2. The summed E-state index contributed by atoms with van der Waals surface area (Å²) in [7, 11) is 3.23. The van der Waals surface area contributed by atoms with Crippen molar-refractivity contribution in [1.29, 1.82) is 0 Å². The Morgan fingerprint density at radius 2 is 1.95 bits per heavy atom. The van der Waals surface area contributed by atoms with Gasteiger partial charge in [-0.3, -0.25) is 4.79 Å². The van der Waals surface area contributed by atoms with Crippen LogP contribution in [0.5, 0.6) is 11.5 Å². The predicted molar refractivity (Wildman–Crippen MR) is 75.5 cm³/mol. The third kappa shape index (κ3) is 2.98. The molecular weight excluding hydrogens is 240 g/mol. The third-order valence-electron chi connectivity index (χ3n) is 3.60. The van der Waals surface area contributed by atoms with Gasteiger partial charge in [-0.05, 0) is 48.6 Å². The van der Waals surface area contributed by atoms with Crippen LogP contribution in [0.1, 0.15) is 31.7 Å². The number of Topliss-reactive ketones (excluding diaryl/α,β-unsaturated/α-hetero) is 1. The molecule has 0 saturated heterocycles. The van der Waals surface area contributed by atoms with Gasteiger partial charge in [0.15, 0.2) is 17.3 Å². The van der Waals surface area contributed by atoms with E-state index < -0.39 is 0 Å². The van der Waals surface area contributed by atoms with Gasteiger partial charge in [0.05, 0.1) is 14.2 Å². The summed E-state index contributed by atoms with van der Waals surface area (Å²) in [5.41, 5.74) is 1.90. The fourth-order valence-electron chi connectivity index (χ4n) is 2.46. The average Bonchev–Trinajstić information content (AvgIpc) is 2.43. The second kappa shape index (κ2) is 5.91. The highest BCUT2D eigenvalue weighted by atomic mass is 16.5. The van der Waals surface area contributed by atoms with Crippen LogP contribution >= 0.6 is 0 Å². The van der Waals surface area contributed by atoms with E-state index >= 15 is 0 Å². The molecule has 1 unspecified atom stereocenters. The maximum atomic E-state index is 12.1. The van der Waals surface area contributed by atoms with E-state index in [0.29, 0.717) is 11.5 Å². The van der Waals surface area contributed by atoms with Crippen LogP contribution in [0.2, 0.25) is 0 Å². The highest BCUT2D eigenvalue weighted by Gasteiger charge is 2.22. The maximum Gasteiger partial charge on any atom is 0.161 e. The Balaban J connectivity index is 2.29. The number of hydrogen-bond acceptors (Lipinski definition) is 3. The molecule has 0 aliphatic heterocycles. The molecule has 102 valence electrons. The summed E-state index contributed by atoms with van der Waals surface area (Å²) in [6.45, 7) is 2.00. The molecule has 0 spiro atoms. The minimum absolute atomic E-state index is 0.153. The summed E-state index contributed by atoms with van der Waals surface area (Å²) in [6, 6.07) is 5.71. The number of ether oxygens (including phenoxy) is 2. The van der Waals surface area contributed by atoms with E-state index in [-0.39, 0.29) is 11.7 Å². The van der Waals surface area contributed by atoms with Crippen molar-refractivity contribution in [2.45, 2.75) is 26.2 Å². The molecule has 1 saturated carbocycles. The van der Waals surface area contributed by atoms with Crippen LogP contribution in [0, 0.1) is 5.92 Å². The van der Waals surface area contributed by atoms with Gasteiger partial charge in [0.2, 0.25) is 0 Å². The first-order valence-corrected chi connectivity index (χ1v) is 6.62. The summed E-state index contributed by atoms with van der Waals surface area (Å²) in [4.78, 5) is 12.1. The lowest BCUT2D eigenvalue weighted by atomic mass is 9.84. The van der Waals surface area contributed by atoms with Crippen molar-refractivity contribution in [2.75, 3.05) is 14.2 Å². The quantitative estimate of drug-likeness (QED) is 0.781. The van der Waals surface area contributed by atoms with Crippen LogP contribution < -0.4 is 9.47 Å². The number of benzene rings is 1. The molecule has 0 radical (unpaired) electrons. The number of carbonyl (C=O) groups is 1. The zero-order valence-electron chi connectivity index (χ0n) is 11.7. The Bertz CT molecular complexity index is 503. The Morgan fingerprint density at radius 3 is 2.63 bits per heavy atom. The van der Waals surface area contributed by atoms with E-state index in [2.05, 4.69) is 0 Å². The normalized spacial score (nSPS) is 21.5. The summed E-state index contributed by atoms with van der Waals surface area (Å²) in [5.74, 6) is 1.82. The third-order valence-corrected chi connectivity index (χ3v) is 3.60. The van der Waals surface area contributed by atoms with Crippen molar-refractivity contribution in [3.8, 4) is 11.5 Å². The minimum Gasteiger partial charge on any atom is -0.493 e. The zero-order valence-corrected chi connectivity index (χ0v) is 11.7. The molecule has 0 aromatic heterocycles. The Kier molecular flexibility index (Phi) is 4.25. The summed E-state index contributed by atoms with van der Waals surface area (Å²) < 4.78 is 10.5. The number of rotatable bonds is 3. The molecule has 3 heteroatoms. The van der Waals surface area contributed by atoms with Gasteiger partial charge in [0, 0.05) is 5.92 Å². The second-order valence-electron chi connectivity index (χ2n) is 4.94. The molecule has 1 aromatic carbocycles. The van der Waals surface area contributed by atoms with E-state index in [1.807, 2.05) is 31.2 Å². The number of ketones is 1. The monoisotopic (exact) mass is 260 g/mol. The van der Waals surface area contributed by atoms with Gasteiger partial charge < -0.3 is 9.47 Å². The zero-order chi connectivity index (χ0) is 13.8. The van der Waals surface area contributed by atoms with Crippen LogP contribution in [0.3, 0.4) is 0 Å². The standard InChI is InChI=1S/C16H20O3/c1-11-5-4-6-13(16(11)17)9-12-7-8-14(18-2)15(10-12)19-3/h7-11H,4-6H2,1-3H3/b13-9-. The van der Waals surface area contributed by atoms with Gasteiger partial charge in [-0.15, -0.1) is 0 Å². The molecule has 1 fully saturated rings. The molecule has 0 N–H and O–H groups in total. The number of hydrogen-bond donors (Lipinski definition) is 0. The molecule has 2 rings (SSSR count). The van der Waals surface area contributed by atoms with Crippen molar-refractivity contribution in [3.05, 3.63) is 29.3 Å². The minimum atomic E-state index is 0.153. The Labute approximate surface area is 114 Å². The molecule has 1 aromatic rings. The lowest BCUT2D eigenvalue weighted by molar-refractivity contribution is -0.119. The predicted octanol–water partition coefficient (Wildman–Crippen LogP) is 3.48. The van der Waals surface area contributed by atoms with Crippen LogP contribution in [0.15, 0.2) is 23.8 Å². The van der Waals surface area contributed by atoms with E-state index in [0.717, 1.165) is 30.4 Å².